The molecular weight excluding hydrogens is 236 g/mol. The van der Waals surface area contributed by atoms with Gasteiger partial charge in [-0.15, -0.1) is 6.58 Å². The number of benzene rings is 1. The second kappa shape index (κ2) is 8.52. The Kier molecular flexibility index (Phi) is 6.94. The topological polar surface area (TPSA) is 37.3 Å². The van der Waals surface area contributed by atoms with E-state index in [-0.39, 0.29) is 0 Å². The van der Waals surface area contributed by atoms with Crippen molar-refractivity contribution in [1.29, 1.82) is 0 Å². The Bertz CT molecular complexity index is 392. The number of unbranched alkanes of at least 4 members (excludes halogenated alkanes) is 3. The maximum atomic E-state index is 10.8. The van der Waals surface area contributed by atoms with Gasteiger partial charge in [-0.25, -0.2) is 4.79 Å². The van der Waals surface area contributed by atoms with Gasteiger partial charge in [0.25, 0.3) is 0 Å². The first-order valence-corrected chi connectivity index (χ1v) is 7.12. The number of hydrogen-bond acceptors (Lipinski definition) is 1. The van der Waals surface area contributed by atoms with E-state index in [1.807, 2.05) is 18.2 Å². The van der Waals surface area contributed by atoms with E-state index in [0.717, 1.165) is 6.42 Å². The summed E-state index contributed by atoms with van der Waals surface area (Å²) >= 11 is 0. The van der Waals surface area contributed by atoms with Crippen LogP contribution in [0.15, 0.2) is 36.9 Å². The summed E-state index contributed by atoms with van der Waals surface area (Å²) in [5.41, 5.74) is 1.53. The molecule has 1 atom stereocenters. The lowest BCUT2D eigenvalue weighted by Gasteiger charge is -2.12. The van der Waals surface area contributed by atoms with E-state index >= 15 is 0 Å². The van der Waals surface area contributed by atoms with Crippen molar-refractivity contribution in [3.63, 3.8) is 0 Å². The molecule has 19 heavy (non-hydrogen) atoms. The van der Waals surface area contributed by atoms with E-state index in [1.165, 1.54) is 37.7 Å². The number of carbonyl (C=O) groups is 1. The predicted molar refractivity (Wildman–Crippen MR) is 79.6 cm³/mol. The van der Waals surface area contributed by atoms with Gasteiger partial charge in [0.2, 0.25) is 0 Å². The highest BCUT2D eigenvalue weighted by molar-refractivity contribution is 5.87. The molecule has 0 heterocycles. The van der Waals surface area contributed by atoms with Crippen molar-refractivity contribution < 1.29 is 9.90 Å². The second-order valence-electron chi connectivity index (χ2n) is 5.05. The summed E-state index contributed by atoms with van der Waals surface area (Å²) in [6, 6.07) is 7.17. The third-order valence-corrected chi connectivity index (χ3v) is 3.46. The Labute approximate surface area is 116 Å². The van der Waals surface area contributed by atoms with E-state index in [9.17, 15) is 4.79 Å². The summed E-state index contributed by atoms with van der Waals surface area (Å²) in [5, 5.41) is 8.85. The van der Waals surface area contributed by atoms with Gasteiger partial charge in [-0.05, 0) is 36.5 Å². The number of carboxylic acids is 1. The molecule has 1 rings (SSSR count). The Balaban J connectivity index is 2.46. The normalized spacial score (nSPS) is 12.1. The number of aromatic carboxylic acids is 1. The second-order valence-corrected chi connectivity index (χ2v) is 5.05. The van der Waals surface area contributed by atoms with Crippen LogP contribution in [0.3, 0.4) is 0 Å². The number of hydrogen-bond donors (Lipinski definition) is 1. The molecule has 1 N–H and O–H groups in total. The quantitative estimate of drug-likeness (QED) is 0.516. The van der Waals surface area contributed by atoms with E-state index in [2.05, 4.69) is 13.5 Å². The molecule has 0 radical (unpaired) electrons. The van der Waals surface area contributed by atoms with Crippen LogP contribution in [0, 0.1) is 5.92 Å². The van der Waals surface area contributed by atoms with Crippen LogP contribution in [-0.4, -0.2) is 11.1 Å². The molecule has 0 saturated carbocycles. The van der Waals surface area contributed by atoms with E-state index < -0.39 is 5.97 Å². The molecule has 0 amide bonds. The smallest absolute Gasteiger partial charge is 0.335 e. The molecule has 1 unspecified atom stereocenters. The summed E-state index contributed by atoms with van der Waals surface area (Å²) in [7, 11) is 0. The molecule has 2 nitrogen and oxygen atoms in total. The lowest BCUT2D eigenvalue weighted by atomic mass is 9.93. The SMILES string of the molecule is C=CC(CCCCCC)Cc1ccc(C(=O)O)cc1. The van der Waals surface area contributed by atoms with Gasteiger partial charge in [-0.2, -0.15) is 0 Å². The first-order chi connectivity index (χ1) is 9.17. The van der Waals surface area contributed by atoms with Crippen molar-refractivity contribution in [2.24, 2.45) is 5.92 Å². The fourth-order valence-corrected chi connectivity index (χ4v) is 2.22. The summed E-state index contributed by atoms with van der Waals surface area (Å²) < 4.78 is 0. The van der Waals surface area contributed by atoms with Gasteiger partial charge >= 0.3 is 5.97 Å². The van der Waals surface area contributed by atoms with Crippen LogP contribution in [0.25, 0.3) is 0 Å². The fraction of sp³-hybridized carbons (Fsp3) is 0.471. The van der Waals surface area contributed by atoms with Crippen LogP contribution >= 0.6 is 0 Å². The molecule has 0 saturated heterocycles. The van der Waals surface area contributed by atoms with Crippen LogP contribution in [-0.2, 0) is 6.42 Å². The standard InChI is InChI=1S/C17H24O2/c1-3-5-6-7-8-14(4-2)13-15-9-11-16(12-10-15)17(18)19/h4,9-12,14H,2-3,5-8,13H2,1H3,(H,18,19). The average molecular weight is 260 g/mol. The number of allylic oxidation sites excluding steroid dienone is 1. The van der Waals surface area contributed by atoms with Crippen molar-refractivity contribution in [2.75, 3.05) is 0 Å². The van der Waals surface area contributed by atoms with E-state index in [1.54, 1.807) is 12.1 Å². The molecule has 0 bridgehead atoms. The van der Waals surface area contributed by atoms with Crippen molar-refractivity contribution in [1.82, 2.24) is 0 Å². The van der Waals surface area contributed by atoms with Gasteiger partial charge < -0.3 is 5.11 Å². The molecule has 0 fully saturated rings. The minimum atomic E-state index is -0.869. The maximum absolute atomic E-state index is 10.8. The van der Waals surface area contributed by atoms with Gasteiger partial charge in [0.15, 0.2) is 0 Å². The summed E-state index contributed by atoms with van der Waals surface area (Å²) in [4.78, 5) is 10.8. The van der Waals surface area contributed by atoms with E-state index in [0.29, 0.717) is 11.5 Å². The van der Waals surface area contributed by atoms with Crippen molar-refractivity contribution in [3.05, 3.63) is 48.0 Å². The fourth-order valence-electron chi connectivity index (χ4n) is 2.22. The third kappa shape index (κ3) is 5.73. The highest BCUT2D eigenvalue weighted by Gasteiger charge is 2.07. The first kappa shape index (κ1) is 15.5. The Morgan fingerprint density at radius 1 is 1.26 bits per heavy atom. The highest BCUT2D eigenvalue weighted by Crippen LogP contribution is 2.18. The highest BCUT2D eigenvalue weighted by atomic mass is 16.4. The minimum absolute atomic E-state index is 0.349. The minimum Gasteiger partial charge on any atom is -0.478 e. The zero-order chi connectivity index (χ0) is 14.1. The van der Waals surface area contributed by atoms with Gasteiger partial charge in [-0.1, -0.05) is 50.8 Å². The Hall–Kier alpha value is -1.57. The van der Waals surface area contributed by atoms with Crippen LogP contribution in [0.4, 0.5) is 0 Å². The molecule has 1 aromatic carbocycles. The Morgan fingerprint density at radius 2 is 1.95 bits per heavy atom. The van der Waals surface area contributed by atoms with Crippen LogP contribution < -0.4 is 0 Å². The molecule has 1 aromatic rings. The molecular formula is C17H24O2. The lowest BCUT2D eigenvalue weighted by molar-refractivity contribution is 0.0697. The first-order valence-electron chi connectivity index (χ1n) is 7.12. The average Bonchev–Trinajstić information content (AvgIpc) is 2.42. The molecule has 0 aliphatic carbocycles. The van der Waals surface area contributed by atoms with E-state index in [4.69, 9.17) is 5.11 Å². The maximum Gasteiger partial charge on any atom is 0.335 e. The molecule has 104 valence electrons. The monoisotopic (exact) mass is 260 g/mol. The van der Waals surface area contributed by atoms with Crippen LogP contribution in [0.2, 0.25) is 0 Å². The number of rotatable bonds is 9. The van der Waals surface area contributed by atoms with Crippen molar-refractivity contribution in [2.45, 2.75) is 45.4 Å². The molecule has 0 aliphatic heterocycles. The lowest BCUT2D eigenvalue weighted by Crippen LogP contribution is -2.02. The zero-order valence-corrected chi connectivity index (χ0v) is 11.8. The van der Waals surface area contributed by atoms with Gasteiger partial charge in [0.1, 0.15) is 0 Å². The molecule has 2 heteroatoms. The third-order valence-electron chi connectivity index (χ3n) is 3.46. The largest absolute Gasteiger partial charge is 0.478 e. The van der Waals surface area contributed by atoms with Gasteiger partial charge in [-0.3, -0.25) is 0 Å². The predicted octanol–water partition coefficient (Wildman–Crippen LogP) is 4.70. The molecule has 0 spiro atoms. The Morgan fingerprint density at radius 3 is 2.47 bits per heavy atom. The zero-order valence-electron chi connectivity index (χ0n) is 11.8. The number of carboxylic acid groups (broad SMARTS) is 1. The summed E-state index contributed by atoms with van der Waals surface area (Å²) in [6.45, 7) is 6.12. The summed E-state index contributed by atoms with van der Waals surface area (Å²) in [5.74, 6) is -0.376. The van der Waals surface area contributed by atoms with Gasteiger partial charge in [0, 0.05) is 0 Å². The van der Waals surface area contributed by atoms with Crippen molar-refractivity contribution >= 4 is 5.97 Å². The van der Waals surface area contributed by atoms with Crippen LogP contribution in [0.1, 0.15) is 54.9 Å². The van der Waals surface area contributed by atoms with Crippen LogP contribution in [0.5, 0.6) is 0 Å². The molecule has 0 aliphatic rings. The van der Waals surface area contributed by atoms with Gasteiger partial charge in [0.05, 0.1) is 5.56 Å². The van der Waals surface area contributed by atoms with Crippen molar-refractivity contribution in [3.8, 4) is 0 Å². The molecule has 0 aromatic heterocycles. The summed E-state index contributed by atoms with van der Waals surface area (Å²) in [6.07, 6.45) is 9.25.